The predicted molar refractivity (Wildman–Crippen MR) is 52.1 cm³/mol. The number of nitrogens with one attached hydrogen (secondary N) is 1. The molecule has 0 heterocycles. The predicted octanol–water partition coefficient (Wildman–Crippen LogP) is 1.31. The molecule has 2 aliphatic rings. The largest absolute Gasteiger partial charge is 0.355 e. The summed E-state index contributed by atoms with van der Waals surface area (Å²) in [5, 5.41) is 11.4. The molecule has 14 heavy (non-hydrogen) atoms. The van der Waals surface area contributed by atoms with Gasteiger partial charge in [-0.3, -0.25) is 4.79 Å². The maximum Gasteiger partial charge on any atom is 0.223 e. The van der Waals surface area contributed by atoms with Gasteiger partial charge in [-0.2, -0.15) is 5.26 Å². The Bertz CT molecular complexity index is 272. The molecule has 1 N–H and O–H groups in total. The van der Waals surface area contributed by atoms with Crippen molar-refractivity contribution in [3.8, 4) is 6.07 Å². The highest BCUT2D eigenvalue weighted by Crippen LogP contribution is 2.54. The number of amides is 1. The second-order valence-corrected chi connectivity index (χ2v) is 4.70. The second kappa shape index (κ2) is 3.61. The van der Waals surface area contributed by atoms with Crippen LogP contribution in [0.3, 0.4) is 0 Å². The smallest absolute Gasteiger partial charge is 0.223 e. The van der Waals surface area contributed by atoms with E-state index in [0.29, 0.717) is 6.54 Å². The molecule has 3 heteroatoms. The Balaban J connectivity index is 1.71. The van der Waals surface area contributed by atoms with Crippen LogP contribution in [0.4, 0.5) is 0 Å². The summed E-state index contributed by atoms with van der Waals surface area (Å²) >= 11 is 0. The number of hydrogen-bond acceptors (Lipinski definition) is 2. The quantitative estimate of drug-likeness (QED) is 0.733. The van der Waals surface area contributed by atoms with E-state index in [0.717, 1.165) is 24.7 Å². The van der Waals surface area contributed by atoms with Gasteiger partial charge in [0.05, 0.1) is 12.0 Å². The van der Waals surface area contributed by atoms with Gasteiger partial charge in [0, 0.05) is 12.5 Å². The van der Waals surface area contributed by atoms with Crippen molar-refractivity contribution >= 4 is 5.91 Å². The Labute approximate surface area is 84.5 Å². The van der Waals surface area contributed by atoms with E-state index in [1.54, 1.807) is 0 Å². The van der Waals surface area contributed by atoms with Crippen molar-refractivity contribution in [3.05, 3.63) is 0 Å². The molecular formula is C11H16N2O. The Hall–Kier alpha value is -1.04. The van der Waals surface area contributed by atoms with E-state index in [2.05, 4.69) is 11.4 Å². The fourth-order valence-corrected chi connectivity index (χ4v) is 2.37. The summed E-state index contributed by atoms with van der Waals surface area (Å²) in [5.41, 5.74) is 0. The van der Waals surface area contributed by atoms with Crippen molar-refractivity contribution in [2.24, 2.45) is 23.7 Å². The third-order valence-corrected chi connectivity index (χ3v) is 3.42. The van der Waals surface area contributed by atoms with Gasteiger partial charge in [-0.1, -0.05) is 0 Å². The maximum absolute atomic E-state index is 11.6. The summed E-state index contributed by atoms with van der Waals surface area (Å²) in [5.74, 6) is 2.03. The van der Waals surface area contributed by atoms with Gasteiger partial charge >= 0.3 is 0 Å². The van der Waals surface area contributed by atoms with Gasteiger partial charge in [-0.15, -0.1) is 0 Å². The number of carbonyl (C=O) groups is 1. The molecule has 0 aromatic rings. The first kappa shape index (κ1) is 9.51. The fourth-order valence-electron chi connectivity index (χ4n) is 2.37. The highest BCUT2D eigenvalue weighted by Gasteiger charge is 2.47. The van der Waals surface area contributed by atoms with Crippen LogP contribution in [0, 0.1) is 35.0 Å². The standard InChI is InChI=1S/C11H16N2O/c1-7(5-12)6-13-11(14)10-3-8-2-9(8)4-10/h7-10H,2-4,6H2,1H3,(H,13,14). The minimum atomic E-state index is -0.0742. The van der Waals surface area contributed by atoms with Crippen molar-refractivity contribution in [2.45, 2.75) is 26.2 Å². The molecule has 3 nitrogen and oxygen atoms in total. The molecule has 0 aromatic heterocycles. The average molecular weight is 192 g/mol. The Morgan fingerprint density at radius 3 is 2.71 bits per heavy atom. The molecule has 0 radical (unpaired) electrons. The van der Waals surface area contributed by atoms with E-state index in [1.807, 2.05) is 6.92 Å². The molecule has 3 atom stereocenters. The van der Waals surface area contributed by atoms with Crippen LogP contribution in [0.5, 0.6) is 0 Å². The van der Waals surface area contributed by atoms with Crippen molar-refractivity contribution in [2.75, 3.05) is 6.54 Å². The Morgan fingerprint density at radius 1 is 1.50 bits per heavy atom. The molecule has 1 amide bonds. The summed E-state index contributed by atoms with van der Waals surface area (Å²) in [6, 6.07) is 2.11. The molecule has 0 aliphatic heterocycles. The number of nitrogens with zero attached hydrogens (tertiary/aromatic N) is 1. The van der Waals surface area contributed by atoms with Crippen LogP contribution in [-0.4, -0.2) is 12.5 Å². The van der Waals surface area contributed by atoms with Gasteiger partial charge in [0.25, 0.3) is 0 Å². The third kappa shape index (κ3) is 1.89. The first-order valence-corrected chi connectivity index (χ1v) is 5.38. The minimum absolute atomic E-state index is 0.0742. The van der Waals surface area contributed by atoms with E-state index < -0.39 is 0 Å². The molecule has 2 saturated carbocycles. The Kier molecular flexibility index (Phi) is 2.45. The summed E-state index contributed by atoms with van der Waals surface area (Å²) in [6.07, 6.45) is 3.51. The van der Waals surface area contributed by atoms with E-state index in [4.69, 9.17) is 5.26 Å². The minimum Gasteiger partial charge on any atom is -0.355 e. The van der Waals surface area contributed by atoms with Gasteiger partial charge in [-0.25, -0.2) is 0 Å². The van der Waals surface area contributed by atoms with E-state index in [1.165, 1.54) is 6.42 Å². The molecule has 76 valence electrons. The monoisotopic (exact) mass is 192 g/mol. The highest BCUT2D eigenvalue weighted by molar-refractivity contribution is 5.79. The lowest BCUT2D eigenvalue weighted by Crippen LogP contribution is -2.33. The topological polar surface area (TPSA) is 52.9 Å². The second-order valence-electron chi connectivity index (χ2n) is 4.70. The molecule has 0 aromatic carbocycles. The summed E-state index contributed by atoms with van der Waals surface area (Å²) < 4.78 is 0. The van der Waals surface area contributed by atoms with Crippen molar-refractivity contribution < 1.29 is 4.79 Å². The maximum atomic E-state index is 11.6. The number of nitriles is 1. The molecule has 0 saturated heterocycles. The summed E-state index contributed by atoms with van der Waals surface area (Å²) in [4.78, 5) is 11.6. The first-order valence-electron chi connectivity index (χ1n) is 5.38. The van der Waals surface area contributed by atoms with Crippen LogP contribution < -0.4 is 5.32 Å². The van der Waals surface area contributed by atoms with E-state index >= 15 is 0 Å². The summed E-state index contributed by atoms with van der Waals surface area (Å²) in [6.45, 7) is 2.33. The lowest BCUT2D eigenvalue weighted by Gasteiger charge is -2.12. The van der Waals surface area contributed by atoms with E-state index in [9.17, 15) is 4.79 Å². The SMILES string of the molecule is CC(C#N)CNC(=O)C1CC2CC2C1. The first-order chi connectivity index (χ1) is 6.70. The molecule has 2 fully saturated rings. The number of carbonyl (C=O) groups excluding carboxylic acids is 1. The van der Waals surface area contributed by atoms with Crippen LogP contribution in [0.25, 0.3) is 0 Å². The van der Waals surface area contributed by atoms with Crippen LogP contribution in [0.2, 0.25) is 0 Å². The van der Waals surface area contributed by atoms with Crippen molar-refractivity contribution in [3.63, 3.8) is 0 Å². The Morgan fingerprint density at radius 2 is 2.14 bits per heavy atom. The van der Waals surface area contributed by atoms with Crippen molar-refractivity contribution in [1.82, 2.24) is 5.32 Å². The molecule has 2 rings (SSSR count). The lowest BCUT2D eigenvalue weighted by atomic mass is 10.0. The van der Waals surface area contributed by atoms with Gasteiger partial charge in [-0.05, 0) is 38.0 Å². The van der Waals surface area contributed by atoms with Crippen molar-refractivity contribution in [1.29, 1.82) is 5.26 Å². The number of fused-ring (bicyclic) bond motifs is 1. The van der Waals surface area contributed by atoms with Crippen LogP contribution in [0.15, 0.2) is 0 Å². The van der Waals surface area contributed by atoms with Crippen LogP contribution in [-0.2, 0) is 4.79 Å². The molecule has 2 aliphatic carbocycles. The van der Waals surface area contributed by atoms with Crippen LogP contribution in [0.1, 0.15) is 26.2 Å². The van der Waals surface area contributed by atoms with Gasteiger partial charge in [0.15, 0.2) is 0 Å². The van der Waals surface area contributed by atoms with E-state index in [-0.39, 0.29) is 17.7 Å². The highest BCUT2D eigenvalue weighted by atomic mass is 16.1. The third-order valence-electron chi connectivity index (χ3n) is 3.42. The molecule has 0 spiro atoms. The fraction of sp³-hybridized carbons (Fsp3) is 0.818. The molecule has 0 bridgehead atoms. The zero-order valence-corrected chi connectivity index (χ0v) is 8.49. The van der Waals surface area contributed by atoms with Gasteiger partial charge in [0.2, 0.25) is 5.91 Å². The van der Waals surface area contributed by atoms with Crippen LogP contribution >= 0.6 is 0 Å². The van der Waals surface area contributed by atoms with Gasteiger partial charge < -0.3 is 5.32 Å². The molecular weight excluding hydrogens is 176 g/mol. The number of hydrogen-bond donors (Lipinski definition) is 1. The molecule has 3 unspecified atom stereocenters. The van der Waals surface area contributed by atoms with Gasteiger partial charge in [0.1, 0.15) is 0 Å². The zero-order chi connectivity index (χ0) is 10.1. The number of rotatable bonds is 3. The lowest BCUT2D eigenvalue weighted by molar-refractivity contribution is -0.125. The summed E-state index contributed by atoms with van der Waals surface area (Å²) in [7, 11) is 0. The normalized spacial score (nSPS) is 35.6. The zero-order valence-electron chi connectivity index (χ0n) is 8.49. The average Bonchev–Trinajstić information content (AvgIpc) is 2.81.